The molecule has 3 rings (SSSR count). The van der Waals surface area contributed by atoms with Gasteiger partial charge in [-0.3, -0.25) is 0 Å². The van der Waals surface area contributed by atoms with Crippen LogP contribution in [0.1, 0.15) is 43.7 Å². The van der Waals surface area contributed by atoms with E-state index in [1.807, 2.05) is 54.9 Å². The second kappa shape index (κ2) is 10.1. The van der Waals surface area contributed by atoms with Crippen LogP contribution in [0.3, 0.4) is 0 Å². The Kier molecular flexibility index (Phi) is 7.48. The minimum atomic E-state index is -0.954. The monoisotopic (exact) mass is 415 g/mol. The van der Waals surface area contributed by atoms with Gasteiger partial charge >= 0.3 is 0 Å². The van der Waals surface area contributed by atoms with E-state index in [4.69, 9.17) is 9.84 Å². The number of nitrogens with zero attached hydrogens (tertiary/aromatic N) is 1. The van der Waals surface area contributed by atoms with Crippen molar-refractivity contribution in [1.29, 1.82) is 0 Å². The zero-order valence-electron chi connectivity index (χ0n) is 17.5. The lowest BCUT2D eigenvalue weighted by Crippen LogP contribution is -2.22. The van der Waals surface area contributed by atoms with Gasteiger partial charge in [0.25, 0.3) is 0 Å². The van der Waals surface area contributed by atoms with Gasteiger partial charge in [-0.2, -0.15) is 0 Å². The van der Waals surface area contributed by atoms with Crippen molar-refractivity contribution in [1.82, 2.24) is 4.57 Å². The number of aliphatic hydroxyl groups is 3. The van der Waals surface area contributed by atoms with Crippen LogP contribution in [0.4, 0.5) is 4.39 Å². The molecule has 5 nitrogen and oxygen atoms in total. The number of aromatic nitrogens is 1. The molecule has 162 valence electrons. The smallest absolute Gasteiger partial charge is 0.132 e. The predicted octanol–water partition coefficient (Wildman–Crippen LogP) is 3.83. The molecule has 0 aliphatic carbocycles. The topological polar surface area (TPSA) is 74.9 Å². The first kappa shape index (κ1) is 22.3. The van der Waals surface area contributed by atoms with Crippen molar-refractivity contribution >= 4 is 10.9 Å². The maximum absolute atomic E-state index is 14.7. The predicted molar refractivity (Wildman–Crippen MR) is 115 cm³/mol. The zero-order chi connectivity index (χ0) is 21.7. The molecule has 0 aliphatic heterocycles. The van der Waals surface area contributed by atoms with Crippen molar-refractivity contribution in [2.24, 2.45) is 0 Å². The lowest BCUT2D eigenvalue weighted by Gasteiger charge is -2.18. The summed E-state index contributed by atoms with van der Waals surface area (Å²) in [5.74, 6) is 0.412. The van der Waals surface area contributed by atoms with Crippen LogP contribution in [-0.2, 0) is 6.54 Å². The summed E-state index contributed by atoms with van der Waals surface area (Å²) >= 11 is 0. The summed E-state index contributed by atoms with van der Waals surface area (Å²) in [6, 6.07) is 12.9. The molecule has 0 radical (unpaired) electrons. The third-order valence-corrected chi connectivity index (χ3v) is 5.38. The number of halogens is 1. The fraction of sp³-hybridized carbons (Fsp3) is 0.417. The van der Waals surface area contributed by atoms with Gasteiger partial charge in [0.15, 0.2) is 0 Å². The van der Waals surface area contributed by atoms with Crippen molar-refractivity contribution in [3.63, 3.8) is 0 Å². The molecular formula is C24H30FNO4. The van der Waals surface area contributed by atoms with Gasteiger partial charge in [0.05, 0.1) is 30.9 Å². The van der Waals surface area contributed by atoms with Gasteiger partial charge in [-0.15, -0.1) is 0 Å². The van der Waals surface area contributed by atoms with Gasteiger partial charge in [-0.05, 0) is 54.7 Å². The molecule has 0 fully saturated rings. The Labute approximate surface area is 176 Å². The highest BCUT2D eigenvalue weighted by molar-refractivity contribution is 5.85. The molecule has 0 unspecified atom stereocenters. The van der Waals surface area contributed by atoms with Gasteiger partial charge in [0, 0.05) is 24.5 Å². The Morgan fingerprint density at radius 3 is 2.43 bits per heavy atom. The minimum Gasteiger partial charge on any atom is -0.494 e. The highest BCUT2D eigenvalue weighted by Crippen LogP contribution is 2.33. The van der Waals surface area contributed by atoms with Gasteiger partial charge in [-0.1, -0.05) is 25.1 Å². The summed E-state index contributed by atoms with van der Waals surface area (Å²) < 4.78 is 22.2. The number of hydrogen-bond donors (Lipinski definition) is 3. The fourth-order valence-electron chi connectivity index (χ4n) is 3.92. The maximum atomic E-state index is 14.7. The van der Waals surface area contributed by atoms with E-state index in [-0.39, 0.29) is 24.8 Å². The van der Waals surface area contributed by atoms with Crippen LogP contribution in [0.5, 0.6) is 5.75 Å². The lowest BCUT2D eigenvalue weighted by atomic mass is 9.92. The first-order chi connectivity index (χ1) is 14.4. The molecule has 2 aromatic carbocycles. The third-order valence-electron chi connectivity index (χ3n) is 5.38. The molecule has 3 atom stereocenters. The van der Waals surface area contributed by atoms with Crippen molar-refractivity contribution in [2.45, 2.75) is 51.4 Å². The molecule has 30 heavy (non-hydrogen) atoms. The van der Waals surface area contributed by atoms with Crippen LogP contribution in [-0.4, -0.2) is 45.3 Å². The summed E-state index contributed by atoms with van der Waals surface area (Å²) in [7, 11) is 0. The van der Waals surface area contributed by atoms with Crippen LogP contribution in [0, 0.1) is 5.82 Å². The molecule has 1 heterocycles. The van der Waals surface area contributed by atoms with E-state index in [1.165, 1.54) is 6.07 Å². The summed E-state index contributed by atoms with van der Waals surface area (Å²) in [6.45, 7) is 4.70. The van der Waals surface area contributed by atoms with E-state index >= 15 is 0 Å². The number of aliphatic hydroxyl groups excluding tert-OH is 3. The van der Waals surface area contributed by atoms with Gasteiger partial charge in [-0.25, -0.2) is 4.39 Å². The van der Waals surface area contributed by atoms with Crippen LogP contribution in [0.25, 0.3) is 10.9 Å². The van der Waals surface area contributed by atoms with Crippen LogP contribution < -0.4 is 4.74 Å². The minimum absolute atomic E-state index is 0.0914. The summed E-state index contributed by atoms with van der Waals surface area (Å²) in [6.07, 6.45) is 0.676. The standard InChI is InChI=1S/C24H30FNO4/c1-3-30-20-9-7-17(8-10-20)13-26-14-21(24-22(25)5-4-6-23(24)26)16(2)11-18(28)12-19(29)15-27/h4-10,14,16,18-19,27-29H,3,11-13,15H2,1-2H3/t16-,18-,19+/m1/s1. The van der Waals surface area contributed by atoms with Crippen molar-refractivity contribution in [2.75, 3.05) is 13.2 Å². The van der Waals surface area contributed by atoms with E-state index in [0.29, 0.717) is 25.0 Å². The summed E-state index contributed by atoms with van der Waals surface area (Å²) in [4.78, 5) is 0. The van der Waals surface area contributed by atoms with Crippen molar-refractivity contribution in [3.8, 4) is 5.75 Å². The van der Waals surface area contributed by atoms with Crippen LogP contribution >= 0.6 is 0 Å². The molecule has 0 aliphatic rings. The molecule has 3 aromatic rings. The van der Waals surface area contributed by atoms with Crippen molar-refractivity contribution in [3.05, 3.63) is 65.6 Å². The summed E-state index contributed by atoms with van der Waals surface area (Å²) in [5, 5.41) is 29.4. The van der Waals surface area contributed by atoms with E-state index < -0.39 is 12.2 Å². The average molecular weight is 416 g/mol. The Balaban J connectivity index is 1.87. The lowest BCUT2D eigenvalue weighted by molar-refractivity contribution is 0.0369. The zero-order valence-corrected chi connectivity index (χ0v) is 17.5. The number of ether oxygens (including phenoxy) is 1. The molecule has 0 saturated carbocycles. The Hall–Kier alpha value is -2.41. The molecule has 6 heteroatoms. The number of fused-ring (bicyclic) bond motifs is 1. The molecular weight excluding hydrogens is 385 g/mol. The summed E-state index contributed by atoms with van der Waals surface area (Å²) in [5.41, 5.74) is 2.70. The van der Waals surface area contributed by atoms with Gasteiger partial charge < -0.3 is 24.6 Å². The van der Waals surface area contributed by atoms with E-state index in [1.54, 1.807) is 6.07 Å². The highest BCUT2D eigenvalue weighted by atomic mass is 19.1. The molecule has 3 N–H and O–H groups in total. The average Bonchev–Trinajstić information content (AvgIpc) is 3.09. The first-order valence-corrected chi connectivity index (χ1v) is 10.4. The van der Waals surface area contributed by atoms with Gasteiger partial charge in [0.1, 0.15) is 11.6 Å². The second-order valence-corrected chi connectivity index (χ2v) is 7.79. The number of benzene rings is 2. The van der Waals surface area contributed by atoms with Crippen LogP contribution in [0.15, 0.2) is 48.7 Å². The van der Waals surface area contributed by atoms with Crippen LogP contribution in [0.2, 0.25) is 0 Å². The molecule has 1 aromatic heterocycles. The van der Waals surface area contributed by atoms with E-state index in [9.17, 15) is 14.6 Å². The number of hydrogen-bond acceptors (Lipinski definition) is 4. The Morgan fingerprint density at radius 1 is 1.03 bits per heavy atom. The van der Waals surface area contributed by atoms with E-state index in [0.717, 1.165) is 22.4 Å². The number of rotatable bonds is 10. The molecule has 0 spiro atoms. The highest BCUT2D eigenvalue weighted by Gasteiger charge is 2.21. The van der Waals surface area contributed by atoms with E-state index in [2.05, 4.69) is 0 Å². The normalized spacial score (nSPS) is 14.6. The quantitative estimate of drug-likeness (QED) is 0.471. The maximum Gasteiger partial charge on any atom is 0.132 e. The second-order valence-electron chi connectivity index (χ2n) is 7.79. The molecule has 0 amide bonds. The molecule has 0 bridgehead atoms. The Morgan fingerprint density at radius 2 is 1.77 bits per heavy atom. The SMILES string of the molecule is CCOc1ccc(Cn2cc([C@H](C)C[C@@H](O)C[C@H](O)CO)c3c(F)cccc32)cc1. The largest absolute Gasteiger partial charge is 0.494 e. The fourth-order valence-corrected chi connectivity index (χ4v) is 3.92. The van der Waals surface area contributed by atoms with Crippen molar-refractivity contribution < 1.29 is 24.4 Å². The van der Waals surface area contributed by atoms with Gasteiger partial charge in [0.2, 0.25) is 0 Å². The Bertz CT molecular complexity index is 954. The third kappa shape index (κ3) is 5.19. The molecule has 0 saturated heterocycles. The first-order valence-electron chi connectivity index (χ1n) is 10.4.